The van der Waals surface area contributed by atoms with E-state index >= 15 is 0 Å². The predicted molar refractivity (Wildman–Crippen MR) is 111 cm³/mol. The first kappa shape index (κ1) is 19.0. The Hall–Kier alpha value is -1.82. The van der Waals surface area contributed by atoms with Crippen molar-refractivity contribution in [3.8, 4) is 5.75 Å². The van der Waals surface area contributed by atoms with E-state index in [2.05, 4.69) is 22.8 Å². The molecule has 0 radical (unpaired) electrons. The Labute approximate surface area is 165 Å². The normalized spacial score (nSPS) is 19.6. The monoisotopic (exact) mass is 390 g/mol. The standard InChI is InChI=1S/C20H24ClN3OS/c1-25-19-8-6-17(7-9-19)22-20(26)23-18-10-12-24(13-11-18)14-15-2-4-16(21)5-3-15/h2-9,18H,10-14H2,1H3,(H2,22,23,26)/p+1. The van der Waals surface area contributed by atoms with Crippen molar-refractivity contribution in [2.45, 2.75) is 25.4 Å². The lowest BCUT2D eigenvalue weighted by atomic mass is 10.0. The fourth-order valence-electron chi connectivity index (χ4n) is 3.27. The van der Waals surface area contributed by atoms with E-state index < -0.39 is 0 Å². The number of thiocarbonyl (C=S) groups is 1. The maximum atomic E-state index is 5.96. The summed E-state index contributed by atoms with van der Waals surface area (Å²) in [5.74, 6) is 0.838. The van der Waals surface area contributed by atoms with Crippen molar-refractivity contribution >= 4 is 34.6 Å². The summed E-state index contributed by atoms with van der Waals surface area (Å²) in [5, 5.41) is 8.17. The van der Waals surface area contributed by atoms with Crippen LogP contribution < -0.4 is 20.3 Å². The first-order valence-corrected chi connectivity index (χ1v) is 9.70. The van der Waals surface area contributed by atoms with E-state index in [1.807, 2.05) is 36.4 Å². The second-order valence-electron chi connectivity index (χ2n) is 6.65. The van der Waals surface area contributed by atoms with Gasteiger partial charge < -0.3 is 20.3 Å². The highest BCUT2D eigenvalue weighted by molar-refractivity contribution is 7.80. The van der Waals surface area contributed by atoms with E-state index in [1.54, 1.807) is 12.0 Å². The zero-order valence-electron chi connectivity index (χ0n) is 14.9. The van der Waals surface area contributed by atoms with Gasteiger partial charge >= 0.3 is 0 Å². The van der Waals surface area contributed by atoms with Gasteiger partial charge in [0.2, 0.25) is 0 Å². The number of methoxy groups -OCH3 is 1. The molecule has 4 nitrogen and oxygen atoms in total. The van der Waals surface area contributed by atoms with E-state index in [1.165, 1.54) is 5.56 Å². The highest BCUT2D eigenvalue weighted by Crippen LogP contribution is 2.15. The van der Waals surface area contributed by atoms with Crippen LogP contribution in [0.5, 0.6) is 5.75 Å². The molecule has 3 N–H and O–H groups in total. The van der Waals surface area contributed by atoms with Gasteiger partial charge in [-0.3, -0.25) is 0 Å². The van der Waals surface area contributed by atoms with E-state index in [4.69, 9.17) is 28.6 Å². The van der Waals surface area contributed by atoms with Crippen LogP contribution in [0.3, 0.4) is 0 Å². The van der Waals surface area contributed by atoms with Crippen molar-refractivity contribution in [3.05, 3.63) is 59.1 Å². The van der Waals surface area contributed by atoms with E-state index in [0.717, 1.165) is 48.9 Å². The summed E-state index contributed by atoms with van der Waals surface area (Å²) in [6.45, 7) is 3.34. The van der Waals surface area contributed by atoms with Crippen LogP contribution in [0.15, 0.2) is 48.5 Å². The molecule has 1 aliphatic heterocycles. The Balaban J connectivity index is 1.41. The zero-order chi connectivity index (χ0) is 18.4. The van der Waals surface area contributed by atoms with Crippen molar-refractivity contribution in [1.82, 2.24) is 5.32 Å². The summed E-state index contributed by atoms with van der Waals surface area (Å²) >= 11 is 11.4. The van der Waals surface area contributed by atoms with Crippen molar-refractivity contribution in [1.29, 1.82) is 0 Å². The lowest BCUT2D eigenvalue weighted by Crippen LogP contribution is -3.12. The molecular weight excluding hydrogens is 366 g/mol. The molecule has 0 spiro atoms. The third-order valence-electron chi connectivity index (χ3n) is 4.74. The third kappa shape index (κ3) is 5.59. The quantitative estimate of drug-likeness (QED) is 0.686. The minimum atomic E-state index is 0.433. The zero-order valence-corrected chi connectivity index (χ0v) is 16.5. The van der Waals surface area contributed by atoms with Gasteiger partial charge in [-0.05, 0) is 48.6 Å². The maximum Gasteiger partial charge on any atom is 0.171 e. The summed E-state index contributed by atoms with van der Waals surface area (Å²) in [5.41, 5.74) is 2.31. The van der Waals surface area contributed by atoms with Crippen molar-refractivity contribution in [3.63, 3.8) is 0 Å². The lowest BCUT2D eigenvalue weighted by Gasteiger charge is -2.30. The van der Waals surface area contributed by atoms with Gasteiger partial charge in [0.25, 0.3) is 0 Å². The number of benzene rings is 2. The van der Waals surface area contributed by atoms with Crippen LogP contribution in [-0.2, 0) is 6.54 Å². The average molecular weight is 391 g/mol. The van der Waals surface area contributed by atoms with E-state index in [-0.39, 0.29) is 0 Å². The Morgan fingerprint density at radius 1 is 1.12 bits per heavy atom. The highest BCUT2D eigenvalue weighted by Gasteiger charge is 2.22. The first-order valence-electron chi connectivity index (χ1n) is 8.92. The van der Waals surface area contributed by atoms with Gasteiger partial charge in [-0.2, -0.15) is 0 Å². The summed E-state index contributed by atoms with van der Waals surface area (Å²) in [7, 11) is 1.66. The Kier molecular flexibility index (Phi) is 6.72. The number of anilines is 1. The van der Waals surface area contributed by atoms with Gasteiger partial charge in [-0.1, -0.05) is 23.7 Å². The molecule has 0 saturated carbocycles. The molecule has 2 aromatic rings. The topological polar surface area (TPSA) is 37.7 Å². The highest BCUT2D eigenvalue weighted by atomic mass is 35.5. The molecule has 0 unspecified atom stereocenters. The van der Waals surface area contributed by atoms with Gasteiger partial charge in [0.15, 0.2) is 5.11 Å². The molecule has 2 aromatic carbocycles. The maximum absolute atomic E-state index is 5.96. The van der Waals surface area contributed by atoms with Crippen molar-refractivity contribution in [2.24, 2.45) is 0 Å². The molecule has 0 aliphatic carbocycles. The average Bonchev–Trinajstić information content (AvgIpc) is 2.66. The number of nitrogens with one attached hydrogen (secondary N) is 3. The molecule has 3 rings (SSSR count). The number of halogens is 1. The molecule has 1 saturated heterocycles. The Morgan fingerprint density at radius 3 is 2.38 bits per heavy atom. The first-order chi connectivity index (χ1) is 12.6. The molecule has 0 atom stereocenters. The molecule has 0 bridgehead atoms. The van der Waals surface area contributed by atoms with Crippen LogP contribution in [0.1, 0.15) is 18.4 Å². The second-order valence-corrected chi connectivity index (χ2v) is 7.50. The van der Waals surface area contributed by atoms with Crippen LogP contribution >= 0.6 is 23.8 Å². The molecule has 26 heavy (non-hydrogen) atoms. The number of piperidine rings is 1. The van der Waals surface area contributed by atoms with Crippen molar-refractivity contribution < 1.29 is 9.64 Å². The molecule has 1 aliphatic rings. The lowest BCUT2D eigenvalue weighted by molar-refractivity contribution is -0.918. The molecular formula is C20H25ClN3OS+. The summed E-state index contributed by atoms with van der Waals surface area (Å²) in [6, 6.07) is 16.4. The molecule has 1 heterocycles. The fraction of sp³-hybridized carbons (Fsp3) is 0.350. The van der Waals surface area contributed by atoms with Crippen LogP contribution in [0, 0.1) is 0 Å². The molecule has 6 heteroatoms. The number of rotatable bonds is 5. The summed E-state index contributed by atoms with van der Waals surface area (Å²) in [4.78, 5) is 1.61. The predicted octanol–water partition coefficient (Wildman–Crippen LogP) is 2.88. The van der Waals surface area contributed by atoms with Gasteiger partial charge in [-0.15, -0.1) is 0 Å². The third-order valence-corrected chi connectivity index (χ3v) is 5.22. The van der Waals surface area contributed by atoms with E-state index in [9.17, 15) is 0 Å². The summed E-state index contributed by atoms with van der Waals surface area (Å²) < 4.78 is 5.17. The number of likely N-dealkylation sites (tertiary alicyclic amines) is 1. The van der Waals surface area contributed by atoms with Crippen molar-refractivity contribution in [2.75, 3.05) is 25.5 Å². The molecule has 138 valence electrons. The van der Waals surface area contributed by atoms with Crippen LogP contribution in [0.2, 0.25) is 5.02 Å². The Morgan fingerprint density at radius 2 is 1.77 bits per heavy atom. The van der Waals surface area contributed by atoms with E-state index in [0.29, 0.717) is 11.2 Å². The minimum Gasteiger partial charge on any atom is -0.497 e. The minimum absolute atomic E-state index is 0.433. The largest absolute Gasteiger partial charge is 0.497 e. The molecule has 0 amide bonds. The van der Waals surface area contributed by atoms with Crippen LogP contribution in [-0.4, -0.2) is 31.4 Å². The molecule has 1 fully saturated rings. The fourth-order valence-corrected chi connectivity index (χ4v) is 3.68. The van der Waals surface area contributed by atoms with Gasteiger partial charge in [0, 0.05) is 35.2 Å². The van der Waals surface area contributed by atoms with Gasteiger partial charge in [-0.25, -0.2) is 0 Å². The van der Waals surface area contributed by atoms with Gasteiger partial charge in [0.1, 0.15) is 12.3 Å². The van der Waals surface area contributed by atoms with Gasteiger partial charge in [0.05, 0.1) is 20.2 Å². The van der Waals surface area contributed by atoms with Crippen LogP contribution in [0.25, 0.3) is 0 Å². The number of hydrogen-bond donors (Lipinski definition) is 3. The number of hydrogen-bond acceptors (Lipinski definition) is 2. The second kappa shape index (κ2) is 9.21. The van der Waals surface area contributed by atoms with Crippen LogP contribution in [0.4, 0.5) is 5.69 Å². The number of ether oxygens (including phenoxy) is 1. The number of quaternary nitrogens is 1. The SMILES string of the molecule is COc1ccc(NC(=S)NC2CC[NH+](Cc3ccc(Cl)cc3)CC2)cc1. The Bertz CT molecular complexity index is 713. The summed E-state index contributed by atoms with van der Waals surface area (Å²) in [6.07, 6.45) is 2.24. The molecule has 0 aromatic heterocycles. The smallest absolute Gasteiger partial charge is 0.171 e.